The third kappa shape index (κ3) is 3.42. The lowest BCUT2D eigenvalue weighted by Crippen LogP contribution is -2.48. The topological polar surface area (TPSA) is 21.3 Å². The van der Waals surface area contributed by atoms with E-state index in [9.17, 15) is 0 Å². The van der Waals surface area contributed by atoms with Gasteiger partial charge in [-0.3, -0.25) is 0 Å². The molecule has 2 unspecified atom stereocenters. The van der Waals surface area contributed by atoms with Crippen molar-refractivity contribution in [3.05, 3.63) is 35.4 Å². The lowest BCUT2D eigenvalue weighted by Gasteiger charge is -2.37. The molecule has 0 fully saturated rings. The summed E-state index contributed by atoms with van der Waals surface area (Å²) >= 11 is 0. The van der Waals surface area contributed by atoms with E-state index in [-0.39, 0.29) is 5.60 Å². The van der Waals surface area contributed by atoms with Gasteiger partial charge in [-0.15, -0.1) is 0 Å². The van der Waals surface area contributed by atoms with Gasteiger partial charge in [0.25, 0.3) is 0 Å². The highest BCUT2D eigenvalue weighted by Gasteiger charge is 2.32. The Morgan fingerprint density at radius 1 is 1.35 bits per heavy atom. The molecule has 0 aliphatic heterocycles. The predicted molar refractivity (Wildman–Crippen MR) is 85.3 cm³/mol. The molecular weight excluding hydrogens is 246 g/mol. The van der Waals surface area contributed by atoms with Gasteiger partial charge in [-0.25, -0.2) is 0 Å². The van der Waals surface area contributed by atoms with Crippen molar-refractivity contribution in [3.63, 3.8) is 0 Å². The maximum Gasteiger partial charge on any atom is 0.0778 e. The molecule has 2 atom stereocenters. The summed E-state index contributed by atoms with van der Waals surface area (Å²) in [5.41, 5.74) is 3.00. The maximum absolute atomic E-state index is 5.95. The van der Waals surface area contributed by atoms with Crippen LogP contribution in [0.5, 0.6) is 0 Å². The molecule has 0 amide bonds. The molecular formula is C18H29NO. The first kappa shape index (κ1) is 15.5. The number of benzene rings is 1. The Bertz CT molecular complexity index is 427. The van der Waals surface area contributed by atoms with E-state index < -0.39 is 0 Å². The van der Waals surface area contributed by atoms with Gasteiger partial charge in [-0.2, -0.15) is 0 Å². The molecule has 0 spiro atoms. The Morgan fingerprint density at radius 3 is 2.80 bits per heavy atom. The molecule has 20 heavy (non-hydrogen) atoms. The van der Waals surface area contributed by atoms with Gasteiger partial charge < -0.3 is 10.1 Å². The molecule has 1 aliphatic carbocycles. The third-order valence-electron chi connectivity index (χ3n) is 4.72. The van der Waals surface area contributed by atoms with Gasteiger partial charge in [-0.05, 0) is 70.5 Å². The van der Waals surface area contributed by atoms with E-state index in [0.29, 0.717) is 12.0 Å². The number of fused-ring (bicyclic) bond motifs is 1. The van der Waals surface area contributed by atoms with Crippen molar-refractivity contribution in [2.75, 3.05) is 13.7 Å². The summed E-state index contributed by atoms with van der Waals surface area (Å²) in [6, 6.07) is 9.35. The molecule has 0 bridgehead atoms. The summed E-state index contributed by atoms with van der Waals surface area (Å²) in [7, 11) is 2.06. The monoisotopic (exact) mass is 275 g/mol. The second kappa shape index (κ2) is 6.73. The summed E-state index contributed by atoms with van der Waals surface area (Å²) < 4.78 is 5.95. The van der Waals surface area contributed by atoms with Crippen molar-refractivity contribution in [1.82, 2.24) is 5.32 Å². The molecule has 0 radical (unpaired) electrons. The zero-order valence-corrected chi connectivity index (χ0v) is 13.4. The zero-order chi connectivity index (χ0) is 14.6. The number of aryl methyl sites for hydroxylation is 1. The van der Waals surface area contributed by atoms with Gasteiger partial charge >= 0.3 is 0 Å². The van der Waals surface area contributed by atoms with Crippen molar-refractivity contribution in [2.24, 2.45) is 0 Å². The van der Waals surface area contributed by atoms with Crippen molar-refractivity contribution in [1.29, 1.82) is 0 Å². The minimum absolute atomic E-state index is 0.115. The van der Waals surface area contributed by atoms with Gasteiger partial charge in [0.05, 0.1) is 5.60 Å². The first-order valence-electron chi connectivity index (χ1n) is 7.97. The van der Waals surface area contributed by atoms with Gasteiger partial charge in [0.2, 0.25) is 0 Å². The summed E-state index contributed by atoms with van der Waals surface area (Å²) in [5.74, 6) is 0.664. The SMILES string of the molecule is CCOC(C)(C)C(CC1CCCc2ccccc21)NC. The molecule has 2 rings (SSSR count). The van der Waals surface area contributed by atoms with Crippen LogP contribution in [-0.4, -0.2) is 25.3 Å². The number of rotatable bonds is 6. The standard InChI is InChI=1S/C18H29NO/c1-5-20-18(2,3)17(19-4)13-15-11-8-10-14-9-6-7-12-16(14)15/h6-7,9,12,15,17,19H,5,8,10-11,13H2,1-4H3. The molecule has 0 saturated heterocycles. The minimum atomic E-state index is -0.115. The minimum Gasteiger partial charge on any atom is -0.374 e. The van der Waals surface area contributed by atoms with Crippen LogP contribution in [0.2, 0.25) is 0 Å². The molecule has 0 saturated carbocycles. The van der Waals surface area contributed by atoms with Crippen LogP contribution in [0.3, 0.4) is 0 Å². The van der Waals surface area contributed by atoms with Gasteiger partial charge in [0.1, 0.15) is 0 Å². The lowest BCUT2D eigenvalue weighted by atomic mass is 9.77. The van der Waals surface area contributed by atoms with Crippen molar-refractivity contribution in [3.8, 4) is 0 Å². The summed E-state index contributed by atoms with van der Waals surface area (Å²) in [6.07, 6.45) is 5.01. The summed E-state index contributed by atoms with van der Waals surface area (Å²) in [4.78, 5) is 0. The second-order valence-electron chi connectivity index (χ2n) is 6.40. The van der Waals surface area contributed by atoms with E-state index in [2.05, 4.69) is 57.4 Å². The molecule has 0 heterocycles. The first-order valence-corrected chi connectivity index (χ1v) is 7.97. The summed E-state index contributed by atoms with van der Waals surface area (Å²) in [6.45, 7) is 7.25. The van der Waals surface area contributed by atoms with Crippen LogP contribution in [0, 0.1) is 0 Å². The molecule has 1 aliphatic rings. The van der Waals surface area contributed by atoms with Crippen LogP contribution in [0.25, 0.3) is 0 Å². The normalized spacial score (nSPS) is 20.5. The van der Waals surface area contributed by atoms with Gasteiger partial charge in [0.15, 0.2) is 0 Å². The fourth-order valence-electron chi connectivity index (χ4n) is 3.61. The van der Waals surface area contributed by atoms with Crippen LogP contribution in [0.1, 0.15) is 57.1 Å². The van der Waals surface area contributed by atoms with E-state index >= 15 is 0 Å². The number of ether oxygens (including phenoxy) is 1. The fourth-order valence-corrected chi connectivity index (χ4v) is 3.61. The number of likely N-dealkylation sites (N-methyl/N-ethyl adjacent to an activating group) is 1. The fraction of sp³-hybridized carbons (Fsp3) is 0.667. The Hall–Kier alpha value is -0.860. The smallest absolute Gasteiger partial charge is 0.0778 e. The zero-order valence-electron chi connectivity index (χ0n) is 13.4. The largest absolute Gasteiger partial charge is 0.374 e. The molecule has 2 heteroatoms. The summed E-state index contributed by atoms with van der Waals surface area (Å²) in [5, 5.41) is 3.48. The average molecular weight is 275 g/mol. The third-order valence-corrected chi connectivity index (χ3v) is 4.72. The molecule has 1 aromatic carbocycles. The van der Waals surface area contributed by atoms with Crippen molar-refractivity contribution in [2.45, 2.75) is 64.0 Å². The van der Waals surface area contributed by atoms with Crippen LogP contribution in [0.15, 0.2) is 24.3 Å². The van der Waals surface area contributed by atoms with E-state index in [0.717, 1.165) is 13.0 Å². The Morgan fingerprint density at radius 2 is 2.10 bits per heavy atom. The van der Waals surface area contributed by atoms with Gasteiger partial charge in [0, 0.05) is 12.6 Å². The highest BCUT2D eigenvalue weighted by molar-refractivity contribution is 5.32. The lowest BCUT2D eigenvalue weighted by molar-refractivity contribution is -0.0402. The van der Waals surface area contributed by atoms with E-state index in [1.54, 1.807) is 11.1 Å². The van der Waals surface area contributed by atoms with E-state index in [4.69, 9.17) is 4.74 Å². The van der Waals surface area contributed by atoms with Gasteiger partial charge in [-0.1, -0.05) is 24.3 Å². The molecule has 1 aromatic rings. The van der Waals surface area contributed by atoms with Crippen molar-refractivity contribution < 1.29 is 4.74 Å². The highest BCUT2D eigenvalue weighted by atomic mass is 16.5. The van der Waals surface area contributed by atoms with Crippen LogP contribution < -0.4 is 5.32 Å². The van der Waals surface area contributed by atoms with Crippen LogP contribution >= 0.6 is 0 Å². The van der Waals surface area contributed by atoms with E-state index in [1.807, 2.05) is 0 Å². The van der Waals surface area contributed by atoms with Crippen LogP contribution in [-0.2, 0) is 11.2 Å². The Kier molecular flexibility index (Phi) is 5.22. The molecule has 0 aromatic heterocycles. The Labute approximate surface area is 123 Å². The maximum atomic E-state index is 5.95. The first-order chi connectivity index (χ1) is 9.58. The molecule has 2 nitrogen and oxygen atoms in total. The molecule has 1 N–H and O–H groups in total. The number of hydrogen-bond donors (Lipinski definition) is 1. The predicted octanol–water partition coefficient (Wildman–Crippen LogP) is 3.90. The second-order valence-corrected chi connectivity index (χ2v) is 6.40. The van der Waals surface area contributed by atoms with Crippen molar-refractivity contribution >= 4 is 0 Å². The Balaban J connectivity index is 2.13. The number of nitrogens with one attached hydrogen (secondary N) is 1. The highest BCUT2D eigenvalue weighted by Crippen LogP contribution is 2.36. The molecule has 112 valence electrons. The quantitative estimate of drug-likeness (QED) is 0.850. The van der Waals surface area contributed by atoms with Crippen LogP contribution in [0.4, 0.5) is 0 Å². The average Bonchev–Trinajstić information content (AvgIpc) is 2.44. The van der Waals surface area contributed by atoms with E-state index in [1.165, 1.54) is 19.3 Å². The number of hydrogen-bond acceptors (Lipinski definition) is 2.